The molecule has 1 aromatic carbocycles. The molecule has 1 heterocycles. The summed E-state index contributed by atoms with van der Waals surface area (Å²) in [5.74, 6) is 0.880. The predicted octanol–water partition coefficient (Wildman–Crippen LogP) is 3.01. The molecule has 0 radical (unpaired) electrons. The van der Waals surface area contributed by atoms with Crippen molar-refractivity contribution in [2.24, 2.45) is 10.4 Å². The highest BCUT2D eigenvalue weighted by Gasteiger charge is 2.36. The lowest BCUT2D eigenvalue weighted by atomic mass is 9.67. The lowest BCUT2D eigenvalue weighted by Gasteiger charge is -2.42. The van der Waals surface area contributed by atoms with Crippen LogP contribution in [-0.4, -0.2) is 64.5 Å². The molecular weight excluding hydrogens is 479 g/mol. The zero-order chi connectivity index (χ0) is 19.7. The molecule has 6 nitrogen and oxygen atoms in total. The van der Waals surface area contributed by atoms with Crippen LogP contribution in [0.5, 0.6) is 0 Å². The quantitative estimate of drug-likeness (QED) is 0.300. The highest BCUT2D eigenvalue weighted by Crippen LogP contribution is 2.43. The first-order chi connectivity index (χ1) is 13.7. The number of ether oxygens (including phenoxy) is 2. The number of aliphatic imine (C=N–C) groups is 1. The number of nitrogens with one attached hydrogen (secondary N) is 2. The SMILES string of the molecule is CN=C(NCc1ccccc1CN1CCOCC1)NCC1(CCOC)CCC1.I. The van der Waals surface area contributed by atoms with Crippen LogP contribution < -0.4 is 10.6 Å². The first-order valence-corrected chi connectivity index (χ1v) is 10.5. The predicted molar refractivity (Wildman–Crippen MR) is 129 cm³/mol. The Morgan fingerprint density at radius 1 is 1.17 bits per heavy atom. The van der Waals surface area contributed by atoms with Gasteiger partial charge in [-0.15, -0.1) is 24.0 Å². The first kappa shape index (κ1) is 24.4. The van der Waals surface area contributed by atoms with E-state index in [4.69, 9.17) is 9.47 Å². The number of hydrogen-bond acceptors (Lipinski definition) is 4. The van der Waals surface area contributed by atoms with Gasteiger partial charge in [0.1, 0.15) is 0 Å². The van der Waals surface area contributed by atoms with Crippen LogP contribution in [0.15, 0.2) is 29.3 Å². The number of hydrogen-bond donors (Lipinski definition) is 2. The van der Waals surface area contributed by atoms with Crippen molar-refractivity contribution >= 4 is 29.9 Å². The molecule has 0 amide bonds. The minimum absolute atomic E-state index is 0. The number of nitrogens with zero attached hydrogens (tertiary/aromatic N) is 2. The van der Waals surface area contributed by atoms with Crippen LogP contribution in [0.3, 0.4) is 0 Å². The lowest BCUT2D eigenvalue weighted by Crippen LogP contribution is -2.46. The molecule has 164 valence electrons. The average Bonchev–Trinajstić information content (AvgIpc) is 2.71. The molecule has 0 atom stereocenters. The summed E-state index contributed by atoms with van der Waals surface area (Å²) in [7, 11) is 3.63. The highest BCUT2D eigenvalue weighted by atomic mass is 127. The van der Waals surface area contributed by atoms with Gasteiger partial charge in [0.2, 0.25) is 0 Å². The largest absolute Gasteiger partial charge is 0.385 e. The third-order valence-corrected chi connectivity index (χ3v) is 6.17. The molecule has 29 heavy (non-hydrogen) atoms. The van der Waals surface area contributed by atoms with Crippen LogP contribution in [0, 0.1) is 5.41 Å². The van der Waals surface area contributed by atoms with E-state index < -0.39 is 0 Å². The Balaban J connectivity index is 0.00000300. The third kappa shape index (κ3) is 7.38. The summed E-state index contributed by atoms with van der Waals surface area (Å²) in [6.45, 7) is 7.25. The van der Waals surface area contributed by atoms with Gasteiger partial charge in [-0.1, -0.05) is 30.7 Å². The van der Waals surface area contributed by atoms with E-state index in [2.05, 4.69) is 44.8 Å². The van der Waals surface area contributed by atoms with E-state index in [-0.39, 0.29) is 24.0 Å². The maximum atomic E-state index is 5.47. The number of morpholine rings is 1. The Morgan fingerprint density at radius 2 is 1.90 bits per heavy atom. The van der Waals surface area contributed by atoms with Crippen LogP contribution in [0.1, 0.15) is 36.8 Å². The van der Waals surface area contributed by atoms with Crippen molar-refractivity contribution in [3.8, 4) is 0 Å². The standard InChI is InChI=1S/C22H36N4O2.HI/c1-23-21(25-18-22(8-5-9-22)10-13-27-2)24-16-19-6-3-4-7-20(19)17-26-11-14-28-15-12-26;/h3-4,6-7H,5,8-18H2,1-2H3,(H2,23,24,25);1H. The van der Waals surface area contributed by atoms with Gasteiger partial charge in [0.15, 0.2) is 5.96 Å². The molecule has 1 aliphatic heterocycles. The summed E-state index contributed by atoms with van der Waals surface area (Å²) >= 11 is 0. The molecule has 1 aliphatic carbocycles. The Bertz CT molecular complexity index is 631. The summed E-state index contributed by atoms with van der Waals surface area (Å²) < 4.78 is 10.8. The van der Waals surface area contributed by atoms with Gasteiger partial charge in [-0.3, -0.25) is 9.89 Å². The topological polar surface area (TPSA) is 58.1 Å². The van der Waals surface area contributed by atoms with Gasteiger partial charge in [-0.25, -0.2) is 0 Å². The summed E-state index contributed by atoms with van der Waals surface area (Å²) in [5, 5.41) is 7.05. The molecule has 2 N–H and O–H groups in total. The van der Waals surface area contributed by atoms with Gasteiger partial charge in [0, 0.05) is 53.5 Å². The number of guanidine groups is 1. The second kappa shape index (κ2) is 12.7. The fourth-order valence-electron chi connectivity index (χ4n) is 4.07. The zero-order valence-corrected chi connectivity index (χ0v) is 20.2. The van der Waals surface area contributed by atoms with Gasteiger partial charge in [-0.05, 0) is 35.8 Å². The van der Waals surface area contributed by atoms with E-state index in [9.17, 15) is 0 Å². The van der Waals surface area contributed by atoms with Crippen LogP contribution in [0.2, 0.25) is 0 Å². The first-order valence-electron chi connectivity index (χ1n) is 10.5. The summed E-state index contributed by atoms with van der Waals surface area (Å²) in [6.07, 6.45) is 5.01. The summed E-state index contributed by atoms with van der Waals surface area (Å²) in [6, 6.07) is 8.69. The molecule has 2 fully saturated rings. The fourth-order valence-corrected chi connectivity index (χ4v) is 4.07. The molecule has 0 unspecified atom stereocenters. The van der Waals surface area contributed by atoms with Gasteiger partial charge in [0.05, 0.1) is 13.2 Å². The zero-order valence-electron chi connectivity index (χ0n) is 17.9. The van der Waals surface area contributed by atoms with Crippen molar-refractivity contribution < 1.29 is 9.47 Å². The van der Waals surface area contributed by atoms with E-state index in [1.54, 1.807) is 7.11 Å². The second-order valence-electron chi connectivity index (χ2n) is 8.03. The van der Waals surface area contributed by atoms with Crippen LogP contribution in [-0.2, 0) is 22.6 Å². The molecular formula is C22H37IN4O2. The Morgan fingerprint density at radius 3 is 2.52 bits per heavy atom. The molecule has 0 aromatic heterocycles. The van der Waals surface area contributed by atoms with E-state index in [0.29, 0.717) is 5.41 Å². The van der Waals surface area contributed by atoms with E-state index in [0.717, 1.165) is 64.9 Å². The maximum absolute atomic E-state index is 5.47. The lowest BCUT2D eigenvalue weighted by molar-refractivity contribution is 0.0341. The summed E-state index contributed by atoms with van der Waals surface area (Å²) in [4.78, 5) is 6.89. The number of halogens is 1. The molecule has 2 aliphatic rings. The normalized spacial score (nSPS) is 19.2. The fraction of sp³-hybridized carbons (Fsp3) is 0.682. The maximum Gasteiger partial charge on any atom is 0.191 e. The Hall–Kier alpha value is -0.900. The van der Waals surface area contributed by atoms with Gasteiger partial charge in [0.25, 0.3) is 0 Å². The van der Waals surface area contributed by atoms with E-state index in [1.165, 1.54) is 30.4 Å². The van der Waals surface area contributed by atoms with Crippen LogP contribution >= 0.6 is 24.0 Å². The van der Waals surface area contributed by atoms with E-state index >= 15 is 0 Å². The van der Waals surface area contributed by atoms with Crippen LogP contribution in [0.25, 0.3) is 0 Å². The van der Waals surface area contributed by atoms with Crippen molar-refractivity contribution in [3.05, 3.63) is 35.4 Å². The number of rotatable bonds is 9. The minimum atomic E-state index is 0. The molecule has 7 heteroatoms. The van der Waals surface area contributed by atoms with Gasteiger partial charge >= 0.3 is 0 Å². The number of benzene rings is 1. The van der Waals surface area contributed by atoms with Crippen molar-refractivity contribution in [1.29, 1.82) is 0 Å². The molecule has 1 saturated carbocycles. The molecule has 3 rings (SSSR count). The van der Waals surface area contributed by atoms with Crippen molar-refractivity contribution in [3.63, 3.8) is 0 Å². The smallest absolute Gasteiger partial charge is 0.191 e. The molecule has 0 bridgehead atoms. The monoisotopic (exact) mass is 516 g/mol. The van der Waals surface area contributed by atoms with Crippen molar-refractivity contribution in [1.82, 2.24) is 15.5 Å². The van der Waals surface area contributed by atoms with Gasteiger partial charge in [-0.2, -0.15) is 0 Å². The molecule has 1 saturated heterocycles. The third-order valence-electron chi connectivity index (χ3n) is 6.17. The second-order valence-corrected chi connectivity index (χ2v) is 8.03. The Kier molecular flexibility index (Phi) is 10.7. The van der Waals surface area contributed by atoms with Gasteiger partial charge < -0.3 is 20.1 Å². The Labute approximate surface area is 192 Å². The highest BCUT2D eigenvalue weighted by molar-refractivity contribution is 14.0. The van der Waals surface area contributed by atoms with Crippen molar-refractivity contribution in [2.75, 3.05) is 53.6 Å². The van der Waals surface area contributed by atoms with E-state index in [1.807, 2.05) is 7.05 Å². The number of methoxy groups -OCH3 is 1. The summed E-state index contributed by atoms with van der Waals surface area (Å²) in [5.41, 5.74) is 3.08. The minimum Gasteiger partial charge on any atom is -0.385 e. The average molecular weight is 516 g/mol. The molecule has 0 spiro atoms. The molecule has 1 aromatic rings. The van der Waals surface area contributed by atoms with Crippen LogP contribution in [0.4, 0.5) is 0 Å². The van der Waals surface area contributed by atoms with Crippen molar-refractivity contribution in [2.45, 2.75) is 38.8 Å².